The molecule has 0 spiro atoms. The molecule has 0 aliphatic heterocycles. The molecule has 25 heavy (non-hydrogen) atoms. The number of ether oxygens (including phenoxy) is 1. The summed E-state index contributed by atoms with van der Waals surface area (Å²) in [6.07, 6.45) is 0.961. The lowest BCUT2D eigenvalue weighted by Crippen LogP contribution is -2.38. The summed E-state index contributed by atoms with van der Waals surface area (Å²) < 4.78 is 6.45. The van der Waals surface area contributed by atoms with Crippen LogP contribution >= 0.6 is 15.9 Å². The minimum absolute atomic E-state index is 0.200. The Morgan fingerprint density at radius 2 is 1.96 bits per heavy atom. The highest BCUT2D eigenvalue weighted by atomic mass is 79.9. The van der Waals surface area contributed by atoms with E-state index in [9.17, 15) is 9.59 Å². The van der Waals surface area contributed by atoms with Crippen molar-refractivity contribution < 1.29 is 14.3 Å². The number of halogens is 1. The zero-order valence-corrected chi connectivity index (χ0v) is 16.0. The maximum Gasteiger partial charge on any atom is 0.260 e. The molecule has 0 saturated carbocycles. The molecule has 2 aromatic rings. The standard InChI is InChI=1S/C20H22BrNO3/c1-3-15(16-7-5-4-6-8-16)12-22-20(24)14(2)25-19-10-9-18(21)11-17(19)13-23/h4-11,13-15H,3,12H2,1-2H3,(H,22,24)/t14-,15+/m0/s1. The van der Waals surface area contributed by atoms with Gasteiger partial charge in [0, 0.05) is 16.9 Å². The van der Waals surface area contributed by atoms with Crippen LogP contribution in [0.3, 0.4) is 0 Å². The van der Waals surface area contributed by atoms with Crippen molar-refractivity contribution in [3.8, 4) is 5.75 Å². The minimum atomic E-state index is -0.687. The Kier molecular flexibility index (Phi) is 7.19. The Labute approximate surface area is 156 Å². The summed E-state index contributed by atoms with van der Waals surface area (Å²) in [6, 6.07) is 15.2. The van der Waals surface area contributed by atoms with Gasteiger partial charge in [-0.2, -0.15) is 0 Å². The van der Waals surface area contributed by atoms with Gasteiger partial charge in [0.25, 0.3) is 5.91 Å². The van der Waals surface area contributed by atoms with E-state index in [1.807, 2.05) is 18.2 Å². The van der Waals surface area contributed by atoms with Crippen LogP contribution in [0.1, 0.15) is 42.1 Å². The third kappa shape index (κ3) is 5.43. The Balaban J connectivity index is 1.95. The fraction of sp³-hybridized carbons (Fsp3) is 0.300. The summed E-state index contributed by atoms with van der Waals surface area (Å²) >= 11 is 3.31. The van der Waals surface area contributed by atoms with Gasteiger partial charge >= 0.3 is 0 Å². The maximum absolute atomic E-state index is 12.3. The molecule has 2 aromatic carbocycles. The maximum atomic E-state index is 12.3. The first kappa shape index (κ1) is 19.2. The second-order valence-electron chi connectivity index (χ2n) is 5.82. The number of amides is 1. The van der Waals surface area contributed by atoms with Crippen LogP contribution < -0.4 is 10.1 Å². The van der Waals surface area contributed by atoms with Crippen molar-refractivity contribution in [2.24, 2.45) is 0 Å². The van der Waals surface area contributed by atoms with Crippen LogP contribution in [0.5, 0.6) is 5.75 Å². The number of nitrogens with one attached hydrogen (secondary N) is 1. The predicted molar refractivity (Wildman–Crippen MR) is 102 cm³/mol. The zero-order valence-electron chi connectivity index (χ0n) is 14.4. The predicted octanol–water partition coefficient (Wildman–Crippen LogP) is 4.34. The summed E-state index contributed by atoms with van der Waals surface area (Å²) in [5.41, 5.74) is 1.61. The van der Waals surface area contributed by atoms with Gasteiger partial charge in [0.2, 0.25) is 0 Å². The molecule has 1 amide bonds. The second kappa shape index (κ2) is 9.37. The minimum Gasteiger partial charge on any atom is -0.480 e. The Hall–Kier alpha value is -2.14. The van der Waals surface area contributed by atoms with Gasteiger partial charge in [-0.1, -0.05) is 53.2 Å². The number of hydrogen-bond donors (Lipinski definition) is 1. The van der Waals surface area contributed by atoms with Gasteiger partial charge in [0.15, 0.2) is 12.4 Å². The highest BCUT2D eigenvalue weighted by Gasteiger charge is 2.18. The van der Waals surface area contributed by atoms with Gasteiger partial charge in [-0.05, 0) is 37.1 Å². The van der Waals surface area contributed by atoms with E-state index in [1.54, 1.807) is 25.1 Å². The highest BCUT2D eigenvalue weighted by Crippen LogP contribution is 2.23. The first-order chi connectivity index (χ1) is 12.0. The lowest BCUT2D eigenvalue weighted by molar-refractivity contribution is -0.127. The van der Waals surface area contributed by atoms with Gasteiger partial charge in [0.05, 0.1) is 5.56 Å². The number of rotatable bonds is 8. The van der Waals surface area contributed by atoms with E-state index in [4.69, 9.17) is 4.74 Å². The summed E-state index contributed by atoms with van der Waals surface area (Å²) in [5, 5.41) is 2.94. The van der Waals surface area contributed by atoms with Gasteiger partial charge < -0.3 is 10.1 Å². The van der Waals surface area contributed by atoms with Gasteiger partial charge in [0.1, 0.15) is 5.75 Å². The molecule has 2 rings (SSSR count). The first-order valence-electron chi connectivity index (χ1n) is 8.29. The summed E-state index contributed by atoms with van der Waals surface area (Å²) in [7, 11) is 0. The number of hydrogen-bond acceptors (Lipinski definition) is 3. The first-order valence-corrected chi connectivity index (χ1v) is 9.08. The molecule has 132 valence electrons. The number of benzene rings is 2. The van der Waals surface area contributed by atoms with Crippen LogP contribution in [0.25, 0.3) is 0 Å². The van der Waals surface area contributed by atoms with Gasteiger partial charge in [-0.15, -0.1) is 0 Å². The monoisotopic (exact) mass is 403 g/mol. The van der Waals surface area contributed by atoms with Crippen molar-refractivity contribution in [3.63, 3.8) is 0 Å². The third-order valence-electron chi connectivity index (χ3n) is 4.06. The zero-order chi connectivity index (χ0) is 18.2. The average Bonchev–Trinajstić information content (AvgIpc) is 2.64. The van der Waals surface area contributed by atoms with E-state index in [1.165, 1.54) is 5.56 Å². The van der Waals surface area contributed by atoms with Gasteiger partial charge in [-0.3, -0.25) is 9.59 Å². The van der Waals surface area contributed by atoms with Crippen molar-refractivity contribution in [2.45, 2.75) is 32.3 Å². The van der Waals surface area contributed by atoms with E-state index in [-0.39, 0.29) is 11.8 Å². The summed E-state index contributed by atoms with van der Waals surface area (Å²) in [5.74, 6) is 0.459. The van der Waals surface area contributed by atoms with Crippen LogP contribution in [-0.4, -0.2) is 24.8 Å². The molecule has 0 saturated heterocycles. The molecule has 5 heteroatoms. The molecule has 0 aliphatic rings. The van der Waals surface area contributed by atoms with Crippen molar-refractivity contribution in [1.29, 1.82) is 0 Å². The number of carbonyl (C=O) groups is 2. The molecule has 2 atom stereocenters. The van der Waals surface area contributed by atoms with Crippen molar-refractivity contribution in [1.82, 2.24) is 5.32 Å². The number of aldehydes is 1. The van der Waals surface area contributed by atoms with E-state index in [0.717, 1.165) is 10.9 Å². The van der Waals surface area contributed by atoms with Crippen molar-refractivity contribution in [2.75, 3.05) is 6.54 Å². The smallest absolute Gasteiger partial charge is 0.260 e. The van der Waals surface area contributed by atoms with E-state index < -0.39 is 6.10 Å². The second-order valence-corrected chi connectivity index (χ2v) is 6.74. The van der Waals surface area contributed by atoms with Crippen LogP contribution in [-0.2, 0) is 4.79 Å². The van der Waals surface area contributed by atoms with Crippen molar-refractivity contribution in [3.05, 3.63) is 64.1 Å². The molecule has 0 radical (unpaired) electrons. The normalized spacial score (nSPS) is 12.9. The topological polar surface area (TPSA) is 55.4 Å². The Morgan fingerprint density at radius 1 is 1.24 bits per heavy atom. The van der Waals surface area contributed by atoms with Crippen LogP contribution in [0.2, 0.25) is 0 Å². The largest absolute Gasteiger partial charge is 0.480 e. The highest BCUT2D eigenvalue weighted by molar-refractivity contribution is 9.10. The SMILES string of the molecule is CC[C@H](CNC(=O)[C@H](C)Oc1ccc(Br)cc1C=O)c1ccccc1. The molecular weight excluding hydrogens is 382 g/mol. The Bertz CT molecular complexity index is 718. The molecule has 0 aromatic heterocycles. The quantitative estimate of drug-likeness (QED) is 0.666. The lowest BCUT2D eigenvalue weighted by Gasteiger charge is -2.19. The summed E-state index contributed by atoms with van der Waals surface area (Å²) in [6.45, 7) is 4.32. The molecular formula is C20H22BrNO3. The number of carbonyl (C=O) groups excluding carboxylic acids is 2. The van der Waals surface area contributed by atoms with E-state index >= 15 is 0 Å². The van der Waals surface area contributed by atoms with Gasteiger partial charge in [-0.25, -0.2) is 0 Å². The lowest BCUT2D eigenvalue weighted by atomic mass is 9.96. The molecule has 0 unspecified atom stereocenters. The molecule has 0 aliphatic carbocycles. The van der Waals surface area contributed by atoms with Crippen molar-refractivity contribution >= 4 is 28.1 Å². The third-order valence-corrected chi connectivity index (χ3v) is 4.55. The Morgan fingerprint density at radius 3 is 2.60 bits per heavy atom. The van der Waals surface area contributed by atoms with E-state index in [0.29, 0.717) is 24.1 Å². The molecule has 0 fully saturated rings. The fourth-order valence-electron chi connectivity index (χ4n) is 2.55. The average molecular weight is 404 g/mol. The molecule has 0 bridgehead atoms. The molecule has 4 nitrogen and oxygen atoms in total. The fourth-order valence-corrected chi connectivity index (χ4v) is 2.93. The van der Waals surface area contributed by atoms with Crippen LogP contribution in [0.4, 0.5) is 0 Å². The van der Waals surface area contributed by atoms with E-state index in [2.05, 4.69) is 40.3 Å². The molecule has 0 heterocycles. The van der Waals surface area contributed by atoms with Crippen LogP contribution in [0.15, 0.2) is 53.0 Å². The summed E-state index contributed by atoms with van der Waals surface area (Å²) in [4.78, 5) is 23.5. The molecule has 1 N–H and O–H groups in total. The van der Waals surface area contributed by atoms with Crippen LogP contribution in [0, 0.1) is 0 Å².